The molecule has 27 heavy (non-hydrogen) atoms. The highest BCUT2D eigenvalue weighted by Crippen LogP contribution is 2.29. The molecule has 0 heterocycles. The summed E-state index contributed by atoms with van der Waals surface area (Å²) in [5, 5.41) is 0. The summed E-state index contributed by atoms with van der Waals surface area (Å²) < 4.78 is 10.9. The van der Waals surface area contributed by atoms with Crippen molar-refractivity contribution < 1.29 is 19.1 Å². The average Bonchev–Trinajstić information content (AvgIpc) is 2.69. The zero-order valence-corrected chi connectivity index (χ0v) is 16.2. The van der Waals surface area contributed by atoms with E-state index in [9.17, 15) is 9.59 Å². The lowest BCUT2D eigenvalue weighted by Crippen LogP contribution is -2.11. The Hall–Kier alpha value is -3.08. The van der Waals surface area contributed by atoms with Crippen molar-refractivity contribution in [2.24, 2.45) is 0 Å². The summed E-state index contributed by atoms with van der Waals surface area (Å²) in [5.41, 5.74) is 2.46. The third kappa shape index (κ3) is 5.45. The number of aryl methyl sites for hydroxylation is 1. The maximum Gasteiger partial charge on any atom is 0.341 e. The number of nitrogens with zero attached hydrogens (tertiary/aromatic N) is 1. The Kier molecular flexibility index (Phi) is 7.17. The maximum atomic E-state index is 12.5. The molecule has 0 amide bonds. The van der Waals surface area contributed by atoms with Crippen LogP contribution in [0.3, 0.4) is 0 Å². The fourth-order valence-corrected chi connectivity index (χ4v) is 2.57. The molecule has 2 aromatic rings. The molecule has 0 bridgehead atoms. The first-order valence-electron chi connectivity index (χ1n) is 8.77. The van der Waals surface area contributed by atoms with Crippen molar-refractivity contribution >= 4 is 11.8 Å². The number of ketones is 1. The van der Waals surface area contributed by atoms with Gasteiger partial charge in [0.1, 0.15) is 17.9 Å². The highest BCUT2D eigenvalue weighted by Gasteiger charge is 2.20. The number of hydrogen-bond donors (Lipinski definition) is 0. The van der Waals surface area contributed by atoms with Gasteiger partial charge in [-0.25, -0.2) is 4.79 Å². The summed E-state index contributed by atoms with van der Waals surface area (Å²) >= 11 is 0. The normalized spacial score (nSPS) is 10.7. The van der Waals surface area contributed by atoms with E-state index in [0.717, 1.165) is 11.1 Å². The standard InChI is InChI=1S/C22H25NO4/c1-5-17-13-18(20(24)11-12-23(2)3)14-19(22(25)26-4)21(17)27-15-16-9-7-6-8-10-16/h6-14H,5,15H2,1-4H3/b12-11+. The van der Waals surface area contributed by atoms with Crippen molar-refractivity contribution in [2.45, 2.75) is 20.0 Å². The SMILES string of the molecule is CCc1cc(C(=O)/C=C/N(C)C)cc(C(=O)OC)c1OCc1ccccc1. The number of rotatable bonds is 8. The van der Waals surface area contributed by atoms with E-state index in [2.05, 4.69) is 0 Å². The van der Waals surface area contributed by atoms with Crippen molar-refractivity contribution in [3.63, 3.8) is 0 Å². The fourth-order valence-electron chi connectivity index (χ4n) is 2.57. The number of carbonyl (C=O) groups excluding carboxylic acids is 2. The van der Waals surface area contributed by atoms with Crippen molar-refractivity contribution in [3.8, 4) is 5.75 Å². The third-order valence-corrected chi connectivity index (χ3v) is 3.99. The molecule has 0 unspecified atom stereocenters. The van der Waals surface area contributed by atoms with Gasteiger partial charge in [-0.2, -0.15) is 0 Å². The number of allylic oxidation sites excluding steroid dienone is 1. The first-order chi connectivity index (χ1) is 13.0. The van der Waals surface area contributed by atoms with Gasteiger partial charge in [0.25, 0.3) is 0 Å². The van der Waals surface area contributed by atoms with Crippen LogP contribution in [0.4, 0.5) is 0 Å². The van der Waals surface area contributed by atoms with Crippen molar-refractivity contribution in [1.29, 1.82) is 0 Å². The quantitative estimate of drug-likeness (QED) is 0.403. The summed E-state index contributed by atoms with van der Waals surface area (Å²) in [6.07, 6.45) is 3.76. The molecule has 5 heteroatoms. The number of carbonyl (C=O) groups is 2. The monoisotopic (exact) mass is 367 g/mol. The van der Waals surface area contributed by atoms with Gasteiger partial charge in [0.15, 0.2) is 5.78 Å². The molecule has 2 aromatic carbocycles. The molecule has 0 N–H and O–H groups in total. The number of esters is 1. The van der Waals surface area contributed by atoms with Crippen LogP contribution in [0.25, 0.3) is 0 Å². The first-order valence-corrected chi connectivity index (χ1v) is 8.77. The van der Waals surface area contributed by atoms with Crippen LogP contribution in [0.1, 0.15) is 38.8 Å². The summed E-state index contributed by atoms with van der Waals surface area (Å²) in [7, 11) is 4.98. The lowest BCUT2D eigenvalue weighted by molar-refractivity contribution is 0.0595. The second-order valence-corrected chi connectivity index (χ2v) is 6.28. The van der Waals surface area contributed by atoms with E-state index in [1.165, 1.54) is 19.3 Å². The van der Waals surface area contributed by atoms with E-state index < -0.39 is 5.97 Å². The molecule has 0 spiro atoms. The molecule has 0 aliphatic rings. The van der Waals surface area contributed by atoms with E-state index in [4.69, 9.17) is 9.47 Å². The Balaban J connectivity index is 2.42. The molecule has 0 radical (unpaired) electrons. The zero-order valence-electron chi connectivity index (χ0n) is 16.2. The molecule has 0 aromatic heterocycles. The minimum atomic E-state index is -0.529. The lowest BCUT2D eigenvalue weighted by atomic mass is 9.99. The van der Waals surface area contributed by atoms with Crippen LogP contribution < -0.4 is 4.74 Å². The van der Waals surface area contributed by atoms with Gasteiger partial charge in [-0.05, 0) is 29.7 Å². The summed E-state index contributed by atoms with van der Waals surface area (Å²) in [6, 6.07) is 13.0. The van der Waals surface area contributed by atoms with Crippen LogP contribution in [0.5, 0.6) is 5.75 Å². The van der Waals surface area contributed by atoms with Crippen LogP contribution in [0.2, 0.25) is 0 Å². The smallest absolute Gasteiger partial charge is 0.341 e. The van der Waals surface area contributed by atoms with Crippen molar-refractivity contribution in [3.05, 3.63) is 77.0 Å². The molecule has 0 saturated heterocycles. The molecule has 0 atom stereocenters. The second kappa shape index (κ2) is 9.57. The van der Waals surface area contributed by atoms with Gasteiger partial charge in [-0.15, -0.1) is 0 Å². The van der Waals surface area contributed by atoms with E-state index in [0.29, 0.717) is 24.3 Å². The topological polar surface area (TPSA) is 55.8 Å². The van der Waals surface area contributed by atoms with Gasteiger partial charge in [-0.3, -0.25) is 4.79 Å². The van der Waals surface area contributed by atoms with Gasteiger partial charge in [0.05, 0.1) is 7.11 Å². The molecule has 0 fully saturated rings. The van der Waals surface area contributed by atoms with Gasteiger partial charge in [0.2, 0.25) is 0 Å². The van der Waals surface area contributed by atoms with Crippen LogP contribution in [0, 0.1) is 0 Å². The molecule has 142 valence electrons. The lowest BCUT2D eigenvalue weighted by Gasteiger charge is -2.16. The predicted molar refractivity (Wildman–Crippen MR) is 105 cm³/mol. The van der Waals surface area contributed by atoms with Crippen molar-refractivity contribution in [1.82, 2.24) is 4.90 Å². The minimum absolute atomic E-state index is 0.182. The predicted octanol–water partition coefficient (Wildman–Crippen LogP) is 3.87. The highest BCUT2D eigenvalue weighted by atomic mass is 16.5. The Bertz CT molecular complexity index is 826. The summed E-state index contributed by atoms with van der Waals surface area (Å²) in [5.74, 6) is -0.251. The van der Waals surface area contributed by atoms with Gasteiger partial charge >= 0.3 is 5.97 Å². The fraction of sp³-hybridized carbons (Fsp3) is 0.273. The minimum Gasteiger partial charge on any atom is -0.488 e. The summed E-state index contributed by atoms with van der Waals surface area (Å²) in [6.45, 7) is 2.28. The summed E-state index contributed by atoms with van der Waals surface area (Å²) in [4.78, 5) is 26.6. The van der Waals surface area contributed by atoms with E-state index in [1.54, 1.807) is 17.2 Å². The zero-order chi connectivity index (χ0) is 19.8. The average molecular weight is 367 g/mol. The maximum absolute atomic E-state index is 12.5. The number of methoxy groups -OCH3 is 1. The van der Waals surface area contributed by atoms with Crippen LogP contribution in [-0.2, 0) is 17.8 Å². The van der Waals surface area contributed by atoms with Gasteiger partial charge in [0, 0.05) is 31.9 Å². The highest BCUT2D eigenvalue weighted by molar-refractivity contribution is 6.06. The number of ether oxygens (including phenoxy) is 2. The van der Waals surface area contributed by atoms with Crippen molar-refractivity contribution in [2.75, 3.05) is 21.2 Å². The Morgan fingerprint density at radius 3 is 2.41 bits per heavy atom. The Morgan fingerprint density at radius 1 is 1.11 bits per heavy atom. The van der Waals surface area contributed by atoms with Gasteiger partial charge in [-0.1, -0.05) is 37.3 Å². The van der Waals surface area contributed by atoms with Gasteiger partial charge < -0.3 is 14.4 Å². The second-order valence-electron chi connectivity index (χ2n) is 6.28. The van der Waals surface area contributed by atoms with E-state index in [-0.39, 0.29) is 11.3 Å². The Labute approximate surface area is 160 Å². The van der Waals surface area contributed by atoms with Crippen LogP contribution >= 0.6 is 0 Å². The molecule has 0 aliphatic carbocycles. The third-order valence-electron chi connectivity index (χ3n) is 3.99. The molecule has 0 saturated carbocycles. The molecule has 0 aliphatic heterocycles. The first kappa shape index (κ1) is 20.2. The molecule has 2 rings (SSSR count). The van der Waals surface area contributed by atoms with Crippen LogP contribution in [-0.4, -0.2) is 37.9 Å². The largest absolute Gasteiger partial charge is 0.488 e. The Morgan fingerprint density at radius 2 is 1.81 bits per heavy atom. The number of hydrogen-bond acceptors (Lipinski definition) is 5. The molecular weight excluding hydrogens is 342 g/mol. The molecular formula is C22H25NO4. The number of benzene rings is 2. The molecule has 5 nitrogen and oxygen atoms in total. The van der Waals surface area contributed by atoms with E-state index >= 15 is 0 Å². The van der Waals surface area contributed by atoms with Crippen LogP contribution in [0.15, 0.2) is 54.7 Å². The van der Waals surface area contributed by atoms with E-state index in [1.807, 2.05) is 51.4 Å².